The molecule has 0 amide bonds. The fraction of sp³-hybridized carbons (Fsp3) is 0.733. The molecular weight excluding hydrogens is 252 g/mol. The molecule has 2 rings (SSSR count). The Morgan fingerprint density at radius 3 is 2.70 bits per heavy atom. The standard InChI is InChI=1S/C15H26N4O/c1-5-7-16-12-9-13(18-14(17-12)11(2)3)19-15(4)6-8-20-10-15/h9,11H,5-8,10H2,1-4H3,(H2,16,17,18,19). The highest BCUT2D eigenvalue weighted by Gasteiger charge is 2.30. The van der Waals surface area contributed by atoms with E-state index in [1.165, 1.54) is 0 Å². The van der Waals surface area contributed by atoms with Gasteiger partial charge in [-0.25, -0.2) is 9.97 Å². The van der Waals surface area contributed by atoms with Gasteiger partial charge in [0.05, 0.1) is 12.1 Å². The average Bonchev–Trinajstić information content (AvgIpc) is 2.82. The van der Waals surface area contributed by atoms with Crippen LogP contribution in [0.25, 0.3) is 0 Å². The number of hydrogen-bond acceptors (Lipinski definition) is 5. The molecule has 2 heterocycles. The van der Waals surface area contributed by atoms with Crippen LogP contribution in [0, 0.1) is 0 Å². The van der Waals surface area contributed by atoms with Crippen LogP contribution >= 0.6 is 0 Å². The molecule has 0 bridgehead atoms. The molecule has 20 heavy (non-hydrogen) atoms. The predicted octanol–water partition coefficient (Wildman–Crippen LogP) is 3.01. The van der Waals surface area contributed by atoms with Crippen LogP contribution < -0.4 is 10.6 Å². The van der Waals surface area contributed by atoms with Gasteiger partial charge >= 0.3 is 0 Å². The highest BCUT2D eigenvalue weighted by molar-refractivity contribution is 5.49. The molecule has 2 N–H and O–H groups in total. The van der Waals surface area contributed by atoms with Crippen LogP contribution in [-0.2, 0) is 4.74 Å². The maximum Gasteiger partial charge on any atom is 0.135 e. The molecular formula is C15H26N4O. The van der Waals surface area contributed by atoms with E-state index in [4.69, 9.17) is 4.74 Å². The number of aromatic nitrogens is 2. The summed E-state index contributed by atoms with van der Waals surface area (Å²) in [5.41, 5.74) is -0.0232. The fourth-order valence-electron chi connectivity index (χ4n) is 2.21. The van der Waals surface area contributed by atoms with Gasteiger partial charge in [0.1, 0.15) is 17.5 Å². The van der Waals surface area contributed by atoms with Crippen molar-refractivity contribution in [1.82, 2.24) is 9.97 Å². The normalized spacial score (nSPS) is 22.2. The molecule has 1 aliphatic heterocycles. The first-order chi connectivity index (χ1) is 9.52. The van der Waals surface area contributed by atoms with Crippen LogP contribution in [0.15, 0.2) is 6.07 Å². The average molecular weight is 278 g/mol. The molecule has 1 aliphatic rings. The van der Waals surface area contributed by atoms with Crippen LogP contribution in [0.4, 0.5) is 11.6 Å². The van der Waals surface area contributed by atoms with Crippen molar-refractivity contribution in [3.8, 4) is 0 Å². The van der Waals surface area contributed by atoms with Crippen LogP contribution in [0.3, 0.4) is 0 Å². The van der Waals surface area contributed by atoms with E-state index in [9.17, 15) is 0 Å². The lowest BCUT2D eigenvalue weighted by Gasteiger charge is -2.25. The smallest absolute Gasteiger partial charge is 0.135 e. The maximum absolute atomic E-state index is 5.48. The molecule has 0 spiro atoms. The first-order valence-corrected chi connectivity index (χ1v) is 7.51. The monoisotopic (exact) mass is 278 g/mol. The van der Waals surface area contributed by atoms with Crippen molar-refractivity contribution >= 4 is 11.6 Å². The van der Waals surface area contributed by atoms with E-state index in [2.05, 4.69) is 48.3 Å². The summed E-state index contributed by atoms with van der Waals surface area (Å²) in [6.45, 7) is 11.0. The Kier molecular flexibility index (Phi) is 4.81. The van der Waals surface area contributed by atoms with Crippen LogP contribution in [-0.4, -0.2) is 35.3 Å². The second kappa shape index (κ2) is 6.39. The number of ether oxygens (including phenoxy) is 1. The Morgan fingerprint density at radius 2 is 2.10 bits per heavy atom. The second-order valence-corrected chi connectivity index (χ2v) is 6.07. The molecule has 0 saturated carbocycles. The third-order valence-electron chi connectivity index (χ3n) is 3.46. The summed E-state index contributed by atoms with van der Waals surface area (Å²) >= 11 is 0. The van der Waals surface area contributed by atoms with Gasteiger partial charge in [0.2, 0.25) is 0 Å². The van der Waals surface area contributed by atoms with Crippen molar-refractivity contribution in [2.24, 2.45) is 0 Å². The molecule has 0 aromatic carbocycles. The molecule has 1 aromatic rings. The summed E-state index contributed by atoms with van der Waals surface area (Å²) in [6.07, 6.45) is 2.08. The lowest BCUT2D eigenvalue weighted by atomic mass is 10.0. The van der Waals surface area contributed by atoms with E-state index < -0.39 is 0 Å². The Morgan fingerprint density at radius 1 is 1.35 bits per heavy atom. The Balaban J connectivity index is 2.19. The van der Waals surface area contributed by atoms with E-state index in [0.29, 0.717) is 5.92 Å². The molecule has 1 aromatic heterocycles. The molecule has 5 nitrogen and oxygen atoms in total. The predicted molar refractivity (Wildman–Crippen MR) is 82.4 cm³/mol. The van der Waals surface area contributed by atoms with Gasteiger partial charge in [-0.15, -0.1) is 0 Å². The Hall–Kier alpha value is -1.36. The lowest BCUT2D eigenvalue weighted by Crippen LogP contribution is -2.35. The summed E-state index contributed by atoms with van der Waals surface area (Å²) in [5.74, 6) is 2.97. The van der Waals surface area contributed by atoms with Crippen molar-refractivity contribution in [1.29, 1.82) is 0 Å². The van der Waals surface area contributed by atoms with E-state index >= 15 is 0 Å². The summed E-state index contributed by atoms with van der Waals surface area (Å²) in [4.78, 5) is 9.21. The van der Waals surface area contributed by atoms with Crippen molar-refractivity contribution in [2.75, 3.05) is 30.4 Å². The minimum atomic E-state index is -0.0232. The number of nitrogens with one attached hydrogen (secondary N) is 2. The van der Waals surface area contributed by atoms with E-state index in [-0.39, 0.29) is 5.54 Å². The van der Waals surface area contributed by atoms with E-state index in [1.54, 1.807) is 0 Å². The SMILES string of the molecule is CCCNc1cc(NC2(C)CCOC2)nc(C(C)C)n1. The maximum atomic E-state index is 5.48. The summed E-state index contributed by atoms with van der Waals surface area (Å²) in [7, 11) is 0. The van der Waals surface area contributed by atoms with Crippen molar-refractivity contribution in [2.45, 2.75) is 52.0 Å². The van der Waals surface area contributed by atoms with Crippen LogP contribution in [0.5, 0.6) is 0 Å². The quantitative estimate of drug-likeness (QED) is 0.837. The molecule has 5 heteroatoms. The summed E-state index contributed by atoms with van der Waals surface area (Å²) < 4.78 is 5.48. The zero-order chi connectivity index (χ0) is 14.6. The third kappa shape index (κ3) is 3.82. The molecule has 1 saturated heterocycles. The van der Waals surface area contributed by atoms with Crippen molar-refractivity contribution in [3.63, 3.8) is 0 Å². The van der Waals surface area contributed by atoms with Crippen LogP contribution in [0.2, 0.25) is 0 Å². The number of anilines is 2. The number of hydrogen-bond donors (Lipinski definition) is 2. The zero-order valence-electron chi connectivity index (χ0n) is 13.0. The van der Waals surface area contributed by atoms with Gasteiger partial charge in [-0.3, -0.25) is 0 Å². The largest absolute Gasteiger partial charge is 0.379 e. The van der Waals surface area contributed by atoms with Gasteiger partial charge in [0, 0.05) is 25.1 Å². The first kappa shape index (κ1) is 15.0. The molecule has 1 fully saturated rings. The highest BCUT2D eigenvalue weighted by atomic mass is 16.5. The van der Waals surface area contributed by atoms with Gasteiger partial charge in [0.25, 0.3) is 0 Å². The molecule has 1 atom stereocenters. The highest BCUT2D eigenvalue weighted by Crippen LogP contribution is 2.25. The zero-order valence-corrected chi connectivity index (χ0v) is 13.0. The topological polar surface area (TPSA) is 59.1 Å². The number of nitrogens with zero attached hydrogens (tertiary/aromatic N) is 2. The lowest BCUT2D eigenvalue weighted by molar-refractivity contribution is 0.185. The minimum Gasteiger partial charge on any atom is -0.379 e. The third-order valence-corrected chi connectivity index (χ3v) is 3.46. The second-order valence-electron chi connectivity index (χ2n) is 6.07. The number of rotatable bonds is 6. The first-order valence-electron chi connectivity index (χ1n) is 7.51. The molecule has 112 valence electrons. The van der Waals surface area contributed by atoms with Crippen molar-refractivity contribution < 1.29 is 4.74 Å². The molecule has 0 radical (unpaired) electrons. The summed E-state index contributed by atoms with van der Waals surface area (Å²) in [6, 6.07) is 1.99. The summed E-state index contributed by atoms with van der Waals surface area (Å²) in [5, 5.41) is 6.86. The molecule has 0 aliphatic carbocycles. The van der Waals surface area contributed by atoms with Gasteiger partial charge in [0.15, 0.2) is 0 Å². The van der Waals surface area contributed by atoms with Crippen molar-refractivity contribution in [3.05, 3.63) is 11.9 Å². The molecule has 1 unspecified atom stereocenters. The Labute approximate surface area is 121 Å². The van der Waals surface area contributed by atoms with E-state index in [0.717, 1.165) is 50.1 Å². The van der Waals surface area contributed by atoms with E-state index in [1.807, 2.05) is 6.07 Å². The van der Waals surface area contributed by atoms with Crippen LogP contribution in [0.1, 0.15) is 52.3 Å². The minimum absolute atomic E-state index is 0.0232. The van der Waals surface area contributed by atoms with Gasteiger partial charge in [-0.05, 0) is 19.8 Å². The Bertz CT molecular complexity index is 441. The van der Waals surface area contributed by atoms with Gasteiger partial charge in [-0.1, -0.05) is 20.8 Å². The fourth-order valence-corrected chi connectivity index (χ4v) is 2.21. The van der Waals surface area contributed by atoms with Gasteiger partial charge < -0.3 is 15.4 Å². The van der Waals surface area contributed by atoms with Gasteiger partial charge in [-0.2, -0.15) is 0 Å².